The van der Waals surface area contributed by atoms with E-state index < -0.39 is 0 Å². The van der Waals surface area contributed by atoms with Crippen molar-refractivity contribution in [2.75, 3.05) is 51.4 Å². The third-order valence-electron chi connectivity index (χ3n) is 3.11. The first-order valence-corrected chi connectivity index (χ1v) is 6.37. The van der Waals surface area contributed by atoms with Gasteiger partial charge >= 0.3 is 0 Å². The summed E-state index contributed by atoms with van der Waals surface area (Å²) >= 11 is 0. The zero-order chi connectivity index (χ0) is 13.7. The number of anilines is 1. The van der Waals surface area contributed by atoms with Crippen LogP contribution in [0.25, 0.3) is 0 Å². The molecule has 0 radical (unpaired) electrons. The molecule has 1 aromatic heterocycles. The molecule has 0 bridgehead atoms. The summed E-state index contributed by atoms with van der Waals surface area (Å²) in [6, 6.07) is 3.62. The van der Waals surface area contributed by atoms with E-state index in [0.29, 0.717) is 25.3 Å². The van der Waals surface area contributed by atoms with Crippen LogP contribution >= 0.6 is 0 Å². The lowest BCUT2D eigenvalue weighted by molar-refractivity contribution is 0.0766. The predicted octanol–water partition coefficient (Wildman–Crippen LogP) is -0.0175. The van der Waals surface area contributed by atoms with Crippen LogP contribution in [-0.4, -0.2) is 67.4 Å². The summed E-state index contributed by atoms with van der Waals surface area (Å²) < 4.78 is 5.29. The van der Waals surface area contributed by atoms with Crippen molar-refractivity contribution < 1.29 is 14.6 Å². The highest BCUT2D eigenvalue weighted by Gasteiger charge is 2.15. The van der Waals surface area contributed by atoms with Gasteiger partial charge in [0.25, 0.3) is 5.91 Å². The van der Waals surface area contributed by atoms with Gasteiger partial charge in [-0.2, -0.15) is 0 Å². The number of carbonyl (C=O) groups is 1. The Morgan fingerprint density at radius 2 is 2.21 bits per heavy atom. The first-order chi connectivity index (χ1) is 9.22. The molecule has 1 amide bonds. The topological polar surface area (TPSA) is 65.9 Å². The van der Waals surface area contributed by atoms with Gasteiger partial charge in [0, 0.05) is 32.9 Å². The monoisotopic (exact) mass is 265 g/mol. The fourth-order valence-corrected chi connectivity index (χ4v) is 1.96. The van der Waals surface area contributed by atoms with E-state index >= 15 is 0 Å². The average molecular weight is 265 g/mol. The van der Waals surface area contributed by atoms with Crippen LogP contribution in [0.15, 0.2) is 18.3 Å². The summed E-state index contributed by atoms with van der Waals surface area (Å²) in [7, 11) is 1.66. The molecular weight excluding hydrogens is 246 g/mol. The first-order valence-electron chi connectivity index (χ1n) is 6.37. The normalized spacial score (nSPS) is 15.4. The van der Waals surface area contributed by atoms with Gasteiger partial charge in [0.05, 0.1) is 25.4 Å². The van der Waals surface area contributed by atoms with Crippen LogP contribution in [0.4, 0.5) is 5.82 Å². The van der Waals surface area contributed by atoms with Gasteiger partial charge in [-0.25, -0.2) is 4.98 Å². The second-order valence-corrected chi connectivity index (χ2v) is 4.45. The van der Waals surface area contributed by atoms with Crippen LogP contribution in [0, 0.1) is 0 Å². The van der Waals surface area contributed by atoms with E-state index in [9.17, 15) is 4.79 Å². The Morgan fingerprint density at radius 3 is 2.79 bits per heavy atom. The third-order valence-corrected chi connectivity index (χ3v) is 3.11. The Hall–Kier alpha value is -1.66. The van der Waals surface area contributed by atoms with Crippen LogP contribution in [-0.2, 0) is 4.74 Å². The number of aromatic nitrogens is 1. The molecule has 2 rings (SSSR count). The van der Waals surface area contributed by atoms with Crippen LogP contribution in [0.2, 0.25) is 0 Å². The highest BCUT2D eigenvalue weighted by atomic mass is 16.5. The zero-order valence-corrected chi connectivity index (χ0v) is 11.1. The van der Waals surface area contributed by atoms with E-state index in [1.54, 1.807) is 19.3 Å². The van der Waals surface area contributed by atoms with Crippen molar-refractivity contribution in [3.05, 3.63) is 23.9 Å². The molecule has 1 aliphatic heterocycles. The van der Waals surface area contributed by atoms with E-state index in [2.05, 4.69) is 9.88 Å². The molecule has 0 spiro atoms. The number of likely N-dealkylation sites (N-methyl/N-ethyl adjacent to an activating group) is 1. The van der Waals surface area contributed by atoms with Crippen molar-refractivity contribution in [2.24, 2.45) is 0 Å². The molecule has 0 saturated carbocycles. The maximum Gasteiger partial charge on any atom is 0.255 e. The van der Waals surface area contributed by atoms with Gasteiger partial charge in [-0.15, -0.1) is 0 Å². The molecule has 19 heavy (non-hydrogen) atoms. The number of nitrogens with zero attached hydrogens (tertiary/aromatic N) is 3. The molecular formula is C13H19N3O3. The Balaban J connectivity index is 2.03. The molecule has 6 heteroatoms. The van der Waals surface area contributed by atoms with E-state index in [1.165, 1.54) is 4.90 Å². The van der Waals surface area contributed by atoms with Crippen molar-refractivity contribution in [3.8, 4) is 0 Å². The van der Waals surface area contributed by atoms with Gasteiger partial charge in [0.15, 0.2) is 0 Å². The molecule has 1 saturated heterocycles. The van der Waals surface area contributed by atoms with Crippen LogP contribution < -0.4 is 4.90 Å². The average Bonchev–Trinajstić information content (AvgIpc) is 2.48. The fourth-order valence-electron chi connectivity index (χ4n) is 1.96. The van der Waals surface area contributed by atoms with Crippen molar-refractivity contribution >= 4 is 11.7 Å². The van der Waals surface area contributed by atoms with E-state index in [0.717, 1.165) is 18.9 Å². The molecule has 6 nitrogen and oxygen atoms in total. The number of morpholine rings is 1. The molecule has 0 aromatic carbocycles. The lowest BCUT2D eigenvalue weighted by Gasteiger charge is -2.27. The summed E-state index contributed by atoms with van der Waals surface area (Å²) in [5.41, 5.74) is 0.535. The lowest BCUT2D eigenvalue weighted by Crippen LogP contribution is -2.36. The minimum atomic E-state index is -0.130. The van der Waals surface area contributed by atoms with E-state index in [1.807, 2.05) is 6.07 Å². The number of hydrogen-bond donors (Lipinski definition) is 1. The van der Waals surface area contributed by atoms with Crippen LogP contribution in [0.3, 0.4) is 0 Å². The number of rotatable bonds is 4. The van der Waals surface area contributed by atoms with Crippen molar-refractivity contribution in [1.82, 2.24) is 9.88 Å². The van der Waals surface area contributed by atoms with Crippen LogP contribution in [0.1, 0.15) is 10.4 Å². The summed E-state index contributed by atoms with van der Waals surface area (Å²) in [5, 5.41) is 8.82. The number of ether oxygens (including phenoxy) is 1. The molecule has 1 aliphatic rings. The molecule has 1 N–H and O–H groups in total. The fraction of sp³-hybridized carbons (Fsp3) is 0.538. The molecule has 0 aliphatic carbocycles. The Bertz CT molecular complexity index is 416. The van der Waals surface area contributed by atoms with Gasteiger partial charge < -0.3 is 19.6 Å². The largest absolute Gasteiger partial charge is 0.395 e. The number of aliphatic hydroxyl groups is 1. The minimum Gasteiger partial charge on any atom is -0.395 e. The zero-order valence-electron chi connectivity index (χ0n) is 11.1. The standard InChI is InChI=1S/C13H19N3O3/c1-15(4-7-17)13(18)11-2-3-12(14-10-11)16-5-8-19-9-6-16/h2-3,10,17H,4-9H2,1H3. The van der Waals surface area contributed by atoms with Gasteiger partial charge in [0.1, 0.15) is 5.82 Å². The Kier molecular flexibility index (Phi) is 4.70. The predicted molar refractivity (Wildman–Crippen MR) is 71.3 cm³/mol. The van der Waals surface area contributed by atoms with Crippen molar-refractivity contribution in [2.45, 2.75) is 0 Å². The second-order valence-electron chi connectivity index (χ2n) is 4.45. The number of pyridine rings is 1. The Morgan fingerprint density at radius 1 is 1.47 bits per heavy atom. The number of aliphatic hydroxyl groups excluding tert-OH is 1. The number of hydrogen-bond acceptors (Lipinski definition) is 5. The summed E-state index contributed by atoms with van der Waals surface area (Å²) in [6.45, 7) is 3.35. The van der Waals surface area contributed by atoms with Crippen molar-refractivity contribution in [1.29, 1.82) is 0 Å². The molecule has 1 aromatic rings. The maximum atomic E-state index is 12.0. The van der Waals surface area contributed by atoms with Gasteiger partial charge in [-0.1, -0.05) is 0 Å². The molecule has 0 unspecified atom stereocenters. The quantitative estimate of drug-likeness (QED) is 0.829. The maximum absolute atomic E-state index is 12.0. The van der Waals surface area contributed by atoms with E-state index in [4.69, 9.17) is 9.84 Å². The second kappa shape index (κ2) is 6.49. The third kappa shape index (κ3) is 3.42. The smallest absolute Gasteiger partial charge is 0.255 e. The lowest BCUT2D eigenvalue weighted by atomic mass is 10.2. The van der Waals surface area contributed by atoms with E-state index in [-0.39, 0.29) is 12.5 Å². The van der Waals surface area contributed by atoms with Gasteiger partial charge in [0.2, 0.25) is 0 Å². The summed E-state index contributed by atoms with van der Waals surface area (Å²) in [5.74, 6) is 0.736. The SMILES string of the molecule is CN(CCO)C(=O)c1ccc(N2CCOCC2)nc1. The minimum absolute atomic E-state index is 0.0401. The highest BCUT2D eigenvalue weighted by molar-refractivity contribution is 5.93. The molecule has 2 heterocycles. The summed E-state index contributed by atoms with van der Waals surface area (Å²) in [6.07, 6.45) is 1.58. The Labute approximate surface area is 112 Å². The first kappa shape index (κ1) is 13.8. The van der Waals surface area contributed by atoms with Crippen molar-refractivity contribution in [3.63, 3.8) is 0 Å². The molecule has 0 atom stereocenters. The highest BCUT2D eigenvalue weighted by Crippen LogP contribution is 2.13. The number of carbonyl (C=O) groups excluding carboxylic acids is 1. The number of amides is 1. The molecule has 104 valence electrons. The van der Waals surface area contributed by atoms with Crippen LogP contribution in [0.5, 0.6) is 0 Å². The van der Waals surface area contributed by atoms with Gasteiger partial charge in [-0.05, 0) is 12.1 Å². The van der Waals surface area contributed by atoms with Gasteiger partial charge in [-0.3, -0.25) is 4.79 Å². The summed E-state index contributed by atoms with van der Waals surface area (Å²) in [4.78, 5) is 19.9. The molecule has 1 fully saturated rings.